The van der Waals surface area contributed by atoms with E-state index in [1.807, 2.05) is 13.0 Å². The maximum absolute atomic E-state index is 13.1. The first kappa shape index (κ1) is 23.1. The standard InChI is InChI=1S/C22H22ClF3N2O3/c1-21(10-15-3-2-4-16(17(15)11-21)20(30)27-31)7-8-28(13-29)12-14-5-6-19(23)18(9-14)22(24,25)26/h2-6,9,13,31H,7-8,10-12H2,1H3,(H,27,30)/t21-/m0/s1. The number of carbonyl (C=O) groups is 2. The van der Waals surface area contributed by atoms with Gasteiger partial charge in [0, 0.05) is 18.7 Å². The number of halogens is 4. The molecule has 0 heterocycles. The predicted octanol–water partition coefficient (Wildman–Crippen LogP) is 4.63. The minimum Gasteiger partial charge on any atom is -0.341 e. The van der Waals surface area contributed by atoms with Gasteiger partial charge in [-0.15, -0.1) is 0 Å². The van der Waals surface area contributed by atoms with E-state index in [-0.39, 0.29) is 17.0 Å². The molecule has 0 unspecified atom stereocenters. The van der Waals surface area contributed by atoms with Crippen molar-refractivity contribution < 1.29 is 28.0 Å². The Morgan fingerprint density at radius 1 is 1.29 bits per heavy atom. The van der Waals surface area contributed by atoms with Crippen molar-refractivity contribution in [2.45, 2.75) is 38.9 Å². The first-order valence-electron chi connectivity index (χ1n) is 9.66. The zero-order valence-corrected chi connectivity index (χ0v) is 17.6. The number of carbonyl (C=O) groups excluding carboxylic acids is 2. The second-order valence-corrected chi connectivity index (χ2v) is 8.59. The summed E-state index contributed by atoms with van der Waals surface area (Å²) in [6, 6.07) is 8.95. The van der Waals surface area contributed by atoms with E-state index in [9.17, 15) is 22.8 Å². The number of benzene rings is 2. The number of fused-ring (bicyclic) bond motifs is 1. The van der Waals surface area contributed by atoms with E-state index in [0.717, 1.165) is 17.2 Å². The molecule has 0 aliphatic heterocycles. The molecule has 0 bridgehead atoms. The molecule has 0 spiro atoms. The van der Waals surface area contributed by atoms with Crippen LogP contribution in [-0.4, -0.2) is 29.0 Å². The third kappa shape index (κ3) is 5.19. The van der Waals surface area contributed by atoms with Gasteiger partial charge in [-0.25, -0.2) is 5.48 Å². The van der Waals surface area contributed by atoms with E-state index in [2.05, 4.69) is 0 Å². The third-order valence-electron chi connectivity index (χ3n) is 5.71. The van der Waals surface area contributed by atoms with Crippen LogP contribution in [-0.2, 0) is 30.4 Å². The van der Waals surface area contributed by atoms with Crippen LogP contribution in [0.3, 0.4) is 0 Å². The van der Waals surface area contributed by atoms with Crippen molar-refractivity contribution >= 4 is 23.9 Å². The summed E-state index contributed by atoms with van der Waals surface area (Å²) in [5, 5.41) is 8.58. The zero-order chi connectivity index (χ0) is 22.8. The molecular formula is C22H22ClF3N2O3. The van der Waals surface area contributed by atoms with E-state index >= 15 is 0 Å². The highest BCUT2D eigenvalue weighted by Gasteiger charge is 2.36. The van der Waals surface area contributed by atoms with Crippen LogP contribution >= 0.6 is 11.6 Å². The molecule has 31 heavy (non-hydrogen) atoms. The van der Waals surface area contributed by atoms with Gasteiger partial charge in [0.2, 0.25) is 6.41 Å². The predicted molar refractivity (Wildman–Crippen MR) is 109 cm³/mol. The zero-order valence-electron chi connectivity index (χ0n) is 16.8. The largest absolute Gasteiger partial charge is 0.417 e. The Balaban J connectivity index is 1.69. The summed E-state index contributed by atoms with van der Waals surface area (Å²) in [6.07, 6.45) is -2.06. The molecule has 3 rings (SSSR count). The SMILES string of the molecule is C[C@]1(CCN(C=O)Cc2ccc(Cl)c(C(F)(F)F)c2)Cc2cccc(C(=O)NO)c2C1. The minimum atomic E-state index is -4.57. The van der Waals surface area contributed by atoms with Crippen LogP contribution in [0, 0.1) is 5.41 Å². The quantitative estimate of drug-likeness (QED) is 0.364. The number of alkyl halides is 3. The summed E-state index contributed by atoms with van der Waals surface area (Å²) in [5.41, 5.74) is 3.13. The lowest BCUT2D eigenvalue weighted by Gasteiger charge is -2.27. The van der Waals surface area contributed by atoms with Crippen LogP contribution in [0.1, 0.15) is 46.0 Å². The smallest absolute Gasteiger partial charge is 0.341 e. The van der Waals surface area contributed by atoms with Crippen molar-refractivity contribution in [2.75, 3.05) is 6.54 Å². The number of rotatable bonds is 7. The molecule has 1 atom stereocenters. The van der Waals surface area contributed by atoms with Crippen LogP contribution < -0.4 is 5.48 Å². The van der Waals surface area contributed by atoms with Gasteiger partial charge in [-0.1, -0.05) is 36.7 Å². The summed E-state index contributed by atoms with van der Waals surface area (Å²) in [5.74, 6) is -0.571. The van der Waals surface area contributed by atoms with E-state index in [0.29, 0.717) is 43.3 Å². The van der Waals surface area contributed by atoms with Crippen LogP contribution in [0.2, 0.25) is 5.02 Å². The third-order valence-corrected chi connectivity index (χ3v) is 6.04. The molecule has 0 aromatic heterocycles. The van der Waals surface area contributed by atoms with E-state index in [4.69, 9.17) is 16.8 Å². The fourth-order valence-corrected chi connectivity index (χ4v) is 4.34. The van der Waals surface area contributed by atoms with E-state index in [1.165, 1.54) is 17.0 Å². The van der Waals surface area contributed by atoms with Gasteiger partial charge in [0.25, 0.3) is 5.91 Å². The van der Waals surface area contributed by atoms with Gasteiger partial charge in [0.15, 0.2) is 0 Å². The minimum absolute atomic E-state index is 0.0327. The highest BCUT2D eigenvalue weighted by atomic mass is 35.5. The van der Waals surface area contributed by atoms with Gasteiger partial charge in [-0.05, 0) is 59.6 Å². The fourth-order valence-electron chi connectivity index (χ4n) is 4.11. The van der Waals surface area contributed by atoms with Gasteiger partial charge in [-0.2, -0.15) is 13.2 Å². The molecule has 5 nitrogen and oxygen atoms in total. The second kappa shape index (κ2) is 8.88. The first-order chi connectivity index (χ1) is 14.6. The van der Waals surface area contributed by atoms with E-state index < -0.39 is 17.6 Å². The summed E-state index contributed by atoms with van der Waals surface area (Å²) < 4.78 is 39.3. The molecule has 0 saturated carbocycles. The monoisotopic (exact) mass is 454 g/mol. The maximum Gasteiger partial charge on any atom is 0.417 e. The summed E-state index contributed by atoms with van der Waals surface area (Å²) >= 11 is 5.66. The molecule has 0 radical (unpaired) electrons. The van der Waals surface area contributed by atoms with Crippen molar-refractivity contribution in [1.82, 2.24) is 10.4 Å². The maximum atomic E-state index is 13.1. The normalized spacial score (nSPS) is 17.9. The number of nitrogens with one attached hydrogen (secondary N) is 1. The Morgan fingerprint density at radius 2 is 2.03 bits per heavy atom. The Morgan fingerprint density at radius 3 is 2.68 bits per heavy atom. The average Bonchev–Trinajstić information content (AvgIpc) is 3.07. The van der Waals surface area contributed by atoms with Crippen molar-refractivity contribution in [3.63, 3.8) is 0 Å². The number of hydroxylamine groups is 1. The Labute approximate surface area is 182 Å². The topological polar surface area (TPSA) is 69.6 Å². The van der Waals surface area contributed by atoms with Crippen molar-refractivity contribution in [1.29, 1.82) is 0 Å². The highest BCUT2D eigenvalue weighted by molar-refractivity contribution is 6.31. The molecule has 0 saturated heterocycles. The molecule has 2 amide bonds. The summed E-state index contributed by atoms with van der Waals surface area (Å²) in [6.45, 7) is 2.42. The molecule has 166 valence electrons. The lowest BCUT2D eigenvalue weighted by atomic mass is 9.83. The summed E-state index contributed by atoms with van der Waals surface area (Å²) in [7, 11) is 0. The van der Waals surface area contributed by atoms with E-state index in [1.54, 1.807) is 17.6 Å². The molecule has 2 aromatic rings. The Hall–Kier alpha value is -2.58. The van der Waals surface area contributed by atoms with Crippen LogP contribution in [0.4, 0.5) is 13.2 Å². The molecular weight excluding hydrogens is 433 g/mol. The van der Waals surface area contributed by atoms with Gasteiger partial charge in [-0.3, -0.25) is 14.8 Å². The molecule has 2 aromatic carbocycles. The number of hydrogen-bond acceptors (Lipinski definition) is 3. The highest BCUT2D eigenvalue weighted by Crippen LogP contribution is 2.41. The second-order valence-electron chi connectivity index (χ2n) is 8.19. The number of amides is 2. The van der Waals surface area contributed by atoms with Crippen molar-refractivity contribution in [3.05, 3.63) is 69.2 Å². The molecule has 1 aliphatic rings. The molecule has 2 N–H and O–H groups in total. The van der Waals surface area contributed by atoms with Crippen molar-refractivity contribution in [3.8, 4) is 0 Å². The number of hydrogen-bond donors (Lipinski definition) is 2. The number of nitrogens with zero attached hydrogens (tertiary/aromatic N) is 1. The fraction of sp³-hybridized carbons (Fsp3) is 0.364. The van der Waals surface area contributed by atoms with Crippen molar-refractivity contribution in [2.24, 2.45) is 5.41 Å². The molecule has 1 aliphatic carbocycles. The first-order valence-corrected chi connectivity index (χ1v) is 10.0. The lowest BCUT2D eigenvalue weighted by molar-refractivity contribution is -0.137. The Bertz CT molecular complexity index is 996. The molecule has 0 fully saturated rings. The van der Waals surface area contributed by atoms with Gasteiger partial charge in [0.05, 0.1) is 10.6 Å². The lowest BCUT2D eigenvalue weighted by Crippen LogP contribution is -2.29. The van der Waals surface area contributed by atoms with Crippen LogP contribution in [0.5, 0.6) is 0 Å². The van der Waals surface area contributed by atoms with Gasteiger partial charge >= 0.3 is 6.18 Å². The van der Waals surface area contributed by atoms with Gasteiger partial charge in [0.1, 0.15) is 0 Å². The Kier molecular flexibility index (Phi) is 6.62. The van der Waals surface area contributed by atoms with Crippen LogP contribution in [0.25, 0.3) is 0 Å². The van der Waals surface area contributed by atoms with Crippen LogP contribution in [0.15, 0.2) is 36.4 Å². The van der Waals surface area contributed by atoms with Gasteiger partial charge < -0.3 is 4.90 Å². The molecule has 9 heteroatoms. The average molecular weight is 455 g/mol. The summed E-state index contributed by atoms with van der Waals surface area (Å²) in [4.78, 5) is 24.9.